The second-order valence-electron chi connectivity index (χ2n) is 3.82. The van der Waals surface area contributed by atoms with Gasteiger partial charge < -0.3 is 10.4 Å². The Balaban J connectivity index is 2.30. The number of hydrogen-bond acceptors (Lipinski definition) is 3. The quantitative estimate of drug-likeness (QED) is 0.559. The normalized spacial score (nSPS) is 10.1. The molecule has 0 aliphatic carbocycles. The average molecular weight is 447 g/mol. The Morgan fingerprint density at radius 2 is 2.00 bits per heavy atom. The van der Waals surface area contributed by atoms with Crippen LogP contribution in [0.1, 0.15) is 20.7 Å². The molecule has 5 nitrogen and oxygen atoms in total. The van der Waals surface area contributed by atoms with Crippen LogP contribution in [0, 0.1) is 3.57 Å². The number of carbonyl (C=O) groups excluding carboxylic acids is 1. The molecule has 0 saturated heterocycles. The average Bonchev–Trinajstić information content (AvgIpc) is 2.40. The number of aromatic carboxylic acids is 1. The van der Waals surface area contributed by atoms with Gasteiger partial charge in [-0.25, -0.2) is 9.78 Å². The molecule has 7 heteroatoms. The van der Waals surface area contributed by atoms with Crippen LogP contribution >= 0.6 is 38.5 Å². The number of benzene rings is 1. The summed E-state index contributed by atoms with van der Waals surface area (Å²) in [5.74, 6) is -1.48. The first-order valence-corrected chi connectivity index (χ1v) is 7.30. The number of pyridine rings is 1. The summed E-state index contributed by atoms with van der Waals surface area (Å²) in [5, 5.41) is 11.7. The van der Waals surface area contributed by atoms with Gasteiger partial charge in [0.1, 0.15) is 4.60 Å². The molecule has 1 heterocycles. The number of carbonyl (C=O) groups is 2. The third kappa shape index (κ3) is 3.54. The molecule has 0 saturated carbocycles. The van der Waals surface area contributed by atoms with Crippen molar-refractivity contribution in [3.05, 3.63) is 55.8 Å². The van der Waals surface area contributed by atoms with Crippen molar-refractivity contribution in [3.8, 4) is 0 Å². The van der Waals surface area contributed by atoms with E-state index in [2.05, 4.69) is 26.2 Å². The van der Waals surface area contributed by atoms with Crippen LogP contribution in [0.2, 0.25) is 0 Å². The Labute approximate surface area is 136 Å². The lowest BCUT2D eigenvalue weighted by Crippen LogP contribution is -2.15. The van der Waals surface area contributed by atoms with Crippen molar-refractivity contribution >= 4 is 56.1 Å². The van der Waals surface area contributed by atoms with Crippen LogP contribution < -0.4 is 5.32 Å². The highest BCUT2D eigenvalue weighted by atomic mass is 127. The van der Waals surface area contributed by atoms with Crippen molar-refractivity contribution in [2.45, 2.75) is 0 Å². The number of amides is 1. The van der Waals surface area contributed by atoms with Gasteiger partial charge in [0.05, 0.1) is 11.3 Å². The van der Waals surface area contributed by atoms with E-state index in [1.54, 1.807) is 24.3 Å². The maximum atomic E-state index is 12.1. The first kappa shape index (κ1) is 14.9. The minimum Gasteiger partial charge on any atom is -0.478 e. The highest BCUT2D eigenvalue weighted by molar-refractivity contribution is 14.1. The van der Waals surface area contributed by atoms with Crippen molar-refractivity contribution in [1.29, 1.82) is 0 Å². The SMILES string of the molecule is O=C(Nc1ccc(I)cc1C(=O)O)c1ccnc(Br)c1. The summed E-state index contributed by atoms with van der Waals surface area (Å²) in [7, 11) is 0. The molecule has 1 aromatic carbocycles. The molecule has 1 aromatic heterocycles. The largest absolute Gasteiger partial charge is 0.478 e. The molecule has 2 aromatic rings. The Morgan fingerprint density at radius 1 is 1.25 bits per heavy atom. The molecule has 2 N–H and O–H groups in total. The zero-order valence-electron chi connectivity index (χ0n) is 9.93. The fourth-order valence-electron chi connectivity index (χ4n) is 1.54. The Morgan fingerprint density at radius 3 is 2.65 bits per heavy atom. The maximum Gasteiger partial charge on any atom is 0.337 e. The summed E-state index contributed by atoms with van der Waals surface area (Å²) in [6, 6.07) is 7.90. The number of nitrogens with one attached hydrogen (secondary N) is 1. The molecule has 0 atom stereocenters. The number of carboxylic acids is 1. The van der Waals surface area contributed by atoms with Crippen LogP contribution in [0.25, 0.3) is 0 Å². The van der Waals surface area contributed by atoms with Crippen LogP contribution in [0.15, 0.2) is 41.1 Å². The van der Waals surface area contributed by atoms with Gasteiger partial charge in [0.15, 0.2) is 0 Å². The van der Waals surface area contributed by atoms with Crippen LogP contribution in [-0.2, 0) is 0 Å². The van der Waals surface area contributed by atoms with E-state index in [0.717, 1.165) is 3.57 Å². The lowest BCUT2D eigenvalue weighted by Gasteiger charge is -2.09. The molecule has 0 aliphatic rings. The second-order valence-corrected chi connectivity index (χ2v) is 5.87. The van der Waals surface area contributed by atoms with Crippen molar-refractivity contribution in [3.63, 3.8) is 0 Å². The fourth-order valence-corrected chi connectivity index (χ4v) is 2.40. The molecular weight excluding hydrogens is 439 g/mol. The van der Waals surface area contributed by atoms with Gasteiger partial charge in [-0.05, 0) is 68.9 Å². The van der Waals surface area contributed by atoms with E-state index in [4.69, 9.17) is 5.11 Å². The van der Waals surface area contributed by atoms with Gasteiger partial charge in [0.25, 0.3) is 5.91 Å². The first-order valence-electron chi connectivity index (χ1n) is 5.43. The summed E-state index contributed by atoms with van der Waals surface area (Å²) < 4.78 is 1.32. The van der Waals surface area contributed by atoms with Gasteiger partial charge in [-0.15, -0.1) is 0 Å². The maximum absolute atomic E-state index is 12.1. The molecule has 0 radical (unpaired) electrons. The van der Waals surface area contributed by atoms with E-state index in [0.29, 0.717) is 10.2 Å². The molecule has 0 bridgehead atoms. The monoisotopic (exact) mass is 446 g/mol. The third-order valence-electron chi connectivity index (χ3n) is 2.45. The summed E-state index contributed by atoms with van der Waals surface area (Å²) in [6.45, 7) is 0. The number of hydrogen-bond donors (Lipinski definition) is 2. The van der Waals surface area contributed by atoms with E-state index >= 15 is 0 Å². The van der Waals surface area contributed by atoms with Gasteiger partial charge in [-0.1, -0.05) is 0 Å². The Kier molecular flexibility index (Phi) is 4.71. The molecule has 102 valence electrons. The molecule has 0 spiro atoms. The van der Waals surface area contributed by atoms with E-state index < -0.39 is 11.9 Å². The highest BCUT2D eigenvalue weighted by Gasteiger charge is 2.14. The molecule has 1 amide bonds. The number of nitrogens with zero attached hydrogens (tertiary/aromatic N) is 1. The lowest BCUT2D eigenvalue weighted by molar-refractivity contribution is 0.0698. The molecule has 0 fully saturated rings. The van der Waals surface area contributed by atoms with E-state index in [1.165, 1.54) is 12.3 Å². The minimum atomic E-state index is -1.09. The summed E-state index contributed by atoms with van der Waals surface area (Å²) in [4.78, 5) is 27.2. The van der Waals surface area contributed by atoms with Gasteiger partial charge in [0.2, 0.25) is 0 Å². The van der Waals surface area contributed by atoms with E-state index in [1.807, 2.05) is 22.6 Å². The lowest BCUT2D eigenvalue weighted by atomic mass is 10.1. The van der Waals surface area contributed by atoms with Gasteiger partial charge in [-0.2, -0.15) is 0 Å². The van der Waals surface area contributed by atoms with Crippen LogP contribution in [-0.4, -0.2) is 22.0 Å². The Bertz CT molecular complexity index is 691. The number of halogens is 2. The second kappa shape index (κ2) is 6.31. The molecule has 20 heavy (non-hydrogen) atoms. The van der Waals surface area contributed by atoms with Gasteiger partial charge >= 0.3 is 5.97 Å². The van der Waals surface area contributed by atoms with Crippen molar-refractivity contribution < 1.29 is 14.7 Å². The topological polar surface area (TPSA) is 79.3 Å². The van der Waals surface area contributed by atoms with E-state index in [-0.39, 0.29) is 11.3 Å². The molecule has 2 rings (SSSR count). The number of anilines is 1. The van der Waals surface area contributed by atoms with Crippen molar-refractivity contribution in [1.82, 2.24) is 4.98 Å². The van der Waals surface area contributed by atoms with Crippen LogP contribution in [0.4, 0.5) is 5.69 Å². The standard InChI is InChI=1S/C13H8BrIN2O3/c14-11-5-7(3-4-16-11)12(18)17-10-2-1-8(15)6-9(10)13(19)20/h1-6H,(H,17,18)(H,19,20). The zero-order valence-corrected chi connectivity index (χ0v) is 13.7. The van der Waals surface area contributed by atoms with Crippen LogP contribution in [0.5, 0.6) is 0 Å². The number of rotatable bonds is 3. The third-order valence-corrected chi connectivity index (χ3v) is 3.55. The van der Waals surface area contributed by atoms with Gasteiger partial charge in [-0.3, -0.25) is 4.79 Å². The zero-order chi connectivity index (χ0) is 14.7. The predicted molar refractivity (Wildman–Crippen MR) is 86.0 cm³/mol. The van der Waals surface area contributed by atoms with Crippen LogP contribution in [0.3, 0.4) is 0 Å². The summed E-state index contributed by atoms with van der Waals surface area (Å²) in [6.07, 6.45) is 1.49. The van der Waals surface area contributed by atoms with Gasteiger partial charge in [0, 0.05) is 15.3 Å². The van der Waals surface area contributed by atoms with Crippen molar-refractivity contribution in [2.75, 3.05) is 5.32 Å². The predicted octanol–water partition coefficient (Wildman–Crippen LogP) is 3.40. The smallest absolute Gasteiger partial charge is 0.337 e. The number of carboxylic acid groups (broad SMARTS) is 1. The fraction of sp³-hybridized carbons (Fsp3) is 0. The minimum absolute atomic E-state index is 0.0540. The first-order chi connectivity index (χ1) is 9.47. The molecular formula is C13H8BrIN2O3. The van der Waals surface area contributed by atoms with E-state index in [9.17, 15) is 9.59 Å². The Hall–Kier alpha value is -1.48. The number of aromatic nitrogens is 1. The highest BCUT2D eigenvalue weighted by Crippen LogP contribution is 2.20. The molecule has 0 unspecified atom stereocenters. The van der Waals surface area contributed by atoms with Crippen molar-refractivity contribution in [2.24, 2.45) is 0 Å². The molecule has 0 aliphatic heterocycles. The summed E-state index contributed by atoms with van der Waals surface area (Å²) in [5.41, 5.74) is 0.705. The summed E-state index contributed by atoms with van der Waals surface area (Å²) >= 11 is 5.19.